The number of ether oxygens (including phenoxy) is 2. The number of non-ortho nitro benzene ring substituents is 1. The van der Waals surface area contributed by atoms with E-state index in [4.69, 9.17) is 9.47 Å². The Bertz CT molecular complexity index is 2210. The molecule has 0 spiro atoms. The molecule has 0 heterocycles. The minimum Gasteiger partial charge on any atom is -0.494 e. The Morgan fingerprint density at radius 3 is 0.985 bits per heavy atom. The molecule has 358 valence electrons. The van der Waals surface area contributed by atoms with Crippen molar-refractivity contribution in [3.8, 4) is 33.8 Å². The van der Waals surface area contributed by atoms with Gasteiger partial charge in [0, 0.05) is 29.2 Å². The van der Waals surface area contributed by atoms with Crippen LogP contribution in [0.25, 0.3) is 22.3 Å². The van der Waals surface area contributed by atoms with Gasteiger partial charge in [0.25, 0.3) is 5.69 Å². The van der Waals surface area contributed by atoms with Crippen molar-refractivity contribution < 1.29 is 14.4 Å². The number of anilines is 3. The van der Waals surface area contributed by atoms with Gasteiger partial charge in [-0.1, -0.05) is 178 Å². The third-order valence-corrected chi connectivity index (χ3v) is 12.6. The predicted octanol–water partition coefficient (Wildman–Crippen LogP) is 19.4. The molecule has 0 saturated heterocycles. The Morgan fingerprint density at radius 2 is 0.662 bits per heavy atom. The molecule has 0 N–H and O–H groups in total. The Labute approximate surface area is 407 Å². The molecule has 6 aromatic carbocycles. The predicted molar refractivity (Wildman–Crippen MR) is 284 cm³/mol. The minimum absolute atomic E-state index is 0.0181. The van der Waals surface area contributed by atoms with Gasteiger partial charge in [-0.25, -0.2) is 0 Å². The second-order valence-corrected chi connectivity index (χ2v) is 18.0. The molecule has 6 rings (SSSR count). The third-order valence-electron chi connectivity index (χ3n) is 12.6. The number of hydrogen-bond acceptors (Lipinski definition) is 7. The normalized spacial score (nSPS) is 11.3. The molecular weight excluding hydrogens is 841 g/mol. The Kier molecular flexibility index (Phi) is 22.2. The van der Waals surface area contributed by atoms with Crippen LogP contribution >= 0.6 is 0 Å². The highest BCUT2D eigenvalue weighted by Gasteiger charge is 2.14. The first kappa shape index (κ1) is 51.1. The number of azo groups is 1. The van der Waals surface area contributed by atoms with E-state index in [0.717, 1.165) is 76.9 Å². The van der Waals surface area contributed by atoms with Crippen molar-refractivity contribution in [2.24, 2.45) is 10.2 Å². The molecule has 0 aliphatic carbocycles. The number of benzene rings is 6. The highest BCUT2D eigenvalue weighted by atomic mass is 16.6. The number of nitro groups is 1. The maximum absolute atomic E-state index is 11.1. The van der Waals surface area contributed by atoms with Gasteiger partial charge in [-0.15, -0.1) is 0 Å². The molecule has 0 saturated carbocycles. The van der Waals surface area contributed by atoms with Gasteiger partial charge >= 0.3 is 0 Å². The first-order valence-corrected chi connectivity index (χ1v) is 25.7. The topological polar surface area (TPSA) is 89.6 Å². The zero-order chi connectivity index (χ0) is 47.4. The van der Waals surface area contributed by atoms with E-state index in [0.29, 0.717) is 11.4 Å². The van der Waals surface area contributed by atoms with E-state index in [9.17, 15) is 10.1 Å². The molecule has 0 aromatic heterocycles. The number of unbranched alkanes of at least 4 members (excludes halogenated alkanes) is 18. The third kappa shape index (κ3) is 17.4. The lowest BCUT2D eigenvalue weighted by Gasteiger charge is -2.26. The Hall–Kier alpha value is -6.28. The standard InChI is InChI=1S/C60H74N4O4/c1-3-5-7-9-11-13-15-17-19-21-47-67-59-43-27-51(28-44-59)49-23-35-55(36-24-49)63(57-39-31-53(32-40-57)61-62-54-33-41-58(42-34-54)64(65)66)56-37-25-50(26-38-56)52-29-45-60(46-30-52)68-48-22-20-18-16-14-12-10-8-6-4-2/h23-46H,3-22,47-48H2,1-2H3. The van der Waals surface area contributed by atoms with Crippen LogP contribution in [0.1, 0.15) is 142 Å². The number of rotatable bonds is 32. The smallest absolute Gasteiger partial charge is 0.269 e. The summed E-state index contributed by atoms with van der Waals surface area (Å²) >= 11 is 0. The average Bonchev–Trinajstić information content (AvgIpc) is 3.38. The highest BCUT2D eigenvalue weighted by Crippen LogP contribution is 2.38. The Morgan fingerprint density at radius 1 is 0.382 bits per heavy atom. The largest absolute Gasteiger partial charge is 0.494 e. The van der Waals surface area contributed by atoms with Gasteiger partial charge in [0.15, 0.2) is 0 Å². The zero-order valence-corrected chi connectivity index (χ0v) is 40.8. The van der Waals surface area contributed by atoms with Crippen molar-refractivity contribution in [2.45, 2.75) is 142 Å². The summed E-state index contributed by atoms with van der Waals surface area (Å²) in [5, 5.41) is 19.8. The van der Waals surface area contributed by atoms with Crippen molar-refractivity contribution in [3.05, 3.63) is 156 Å². The summed E-state index contributed by atoms with van der Waals surface area (Å²) in [6.07, 6.45) is 26.3. The highest BCUT2D eigenvalue weighted by molar-refractivity contribution is 5.80. The van der Waals surface area contributed by atoms with Crippen LogP contribution in [0.2, 0.25) is 0 Å². The van der Waals surface area contributed by atoms with Crippen LogP contribution in [-0.2, 0) is 0 Å². The van der Waals surface area contributed by atoms with E-state index in [1.807, 2.05) is 24.3 Å². The molecule has 0 aliphatic rings. The molecule has 0 unspecified atom stereocenters. The second kappa shape index (κ2) is 29.5. The van der Waals surface area contributed by atoms with Gasteiger partial charge in [0.2, 0.25) is 0 Å². The van der Waals surface area contributed by atoms with E-state index < -0.39 is 4.92 Å². The van der Waals surface area contributed by atoms with E-state index >= 15 is 0 Å². The van der Waals surface area contributed by atoms with Crippen molar-refractivity contribution >= 4 is 34.1 Å². The van der Waals surface area contributed by atoms with Crippen LogP contribution in [0.15, 0.2) is 156 Å². The summed E-state index contributed by atoms with van der Waals surface area (Å²) in [5.41, 5.74) is 8.75. The quantitative estimate of drug-likeness (QED) is 0.0182. The summed E-state index contributed by atoms with van der Waals surface area (Å²) < 4.78 is 12.2. The maximum atomic E-state index is 11.1. The SMILES string of the molecule is CCCCCCCCCCCCOc1ccc(-c2ccc(N(c3ccc(N=Nc4ccc([N+](=O)[O-])cc4)cc3)c3ccc(-c4ccc(OCCCCCCCCCCCC)cc4)cc3)cc2)cc1. The monoisotopic (exact) mass is 915 g/mol. The molecule has 0 bridgehead atoms. The van der Waals surface area contributed by atoms with Gasteiger partial charge in [0.1, 0.15) is 11.5 Å². The number of nitrogens with zero attached hydrogens (tertiary/aromatic N) is 4. The fourth-order valence-corrected chi connectivity index (χ4v) is 8.52. The summed E-state index contributed by atoms with van der Waals surface area (Å²) in [5.74, 6) is 1.83. The van der Waals surface area contributed by atoms with Crippen LogP contribution < -0.4 is 14.4 Å². The van der Waals surface area contributed by atoms with E-state index in [2.05, 4.69) is 126 Å². The van der Waals surface area contributed by atoms with Crippen molar-refractivity contribution in [3.63, 3.8) is 0 Å². The Balaban J connectivity index is 1.07. The van der Waals surface area contributed by atoms with Gasteiger partial charge in [0.05, 0.1) is 29.5 Å². The lowest BCUT2D eigenvalue weighted by atomic mass is 10.0. The van der Waals surface area contributed by atoms with E-state index in [1.165, 1.54) is 128 Å². The molecule has 0 atom stereocenters. The summed E-state index contributed by atoms with van der Waals surface area (Å²) in [4.78, 5) is 12.9. The number of nitro benzene ring substituents is 1. The summed E-state index contributed by atoms with van der Waals surface area (Å²) in [6.45, 7) is 6.06. The molecule has 68 heavy (non-hydrogen) atoms. The molecule has 8 nitrogen and oxygen atoms in total. The molecule has 6 aromatic rings. The first-order valence-electron chi connectivity index (χ1n) is 25.7. The van der Waals surface area contributed by atoms with Gasteiger partial charge in [-0.05, 0) is 120 Å². The second-order valence-electron chi connectivity index (χ2n) is 18.0. The molecule has 0 fully saturated rings. The lowest BCUT2D eigenvalue weighted by Crippen LogP contribution is -2.09. The lowest BCUT2D eigenvalue weighted by molar-refractivity contribution is -0.384. The zero-order valence-electron chi connectivity index (χ0n) is 40.8. The average molecular weight is 915 g/mol. The van der Waals surface area contributed by atoms with Gasteiger partial charge < -0.3 is 14.4 Å². The number of hydrogen-bond donors (Lipinski definition) is 0. The molecule has 0 aliphatic heterocycles. The molecule has 0 radical (unpaired) electrons. The van der Waals surface area contributed by atoms with Crippen molar-refractivity contribution in [2.75, 3.05) is 18.1 Å². The fraction of sp³-hybridized carbons (Fsp3) is 0.400. The summed E-state index contributed by atoms with van der Waals surface area (Å²) in [7, 11) is 0. The van der Waals surface area contributed by atoms with Gasteiger partial charge in [-0.2, -0.15) is 10.2 Å². The van der Waals surface area contributed by atoms with Crippen molar-refractivity contribution in [1.82, 2.24) is 0 Å². The summed E-state index contributed by atoms with van der Waals surface area (Å²) in [6, 6.07) is 48.2. The van der Waals surface area contributed by atoms with E-state index in [1.54, 1.807) is 12.1 Å². The minimum atomic E-state index is -0.424. The molecule has 8 heteroatoms. The van der Waals surface area contributed by atoms with Crippen LogP contribution in [0, 0.1) is 10.1 Å². The van der Waals surface area contributed by atoms with Gasteiger partial charge in [-0.3, -0.25) is 10.1 Å². The van der Waals surface area contributed by atoms with Crippen molar-refractivity contribution in [1.29, 1.82) is 0 Å². The molecule has 0 amide bonds. The van der Waals surface area contributed by atoms with Crippen LogP contribution in [0.4, 0.5) is 34.1 Å². The maximum Gasteiger partial charge on any atom is 0.269 e. The van der Waals surface area contributed by atoms with E-state index in [-0.39, 0.29) is 5.69 Å². The van der Waals surface area contributed by atoms with Crippen LogP contribution in [0.3, 0.4) is 0 Å². The van der Waals surface area contributed by atoms with Crippen LogP contribution in [-0.4, -0.2) is 18.1 Å². The molecular formula is C60H74N4O4. The first-order chi connectivity index (χ1) is 33.5. The fourth-order valence-electron chi connectivity index (χ4n) is 8.52. The van der Waals surface area contributed by atoms with Crippen LogP contribution in [0.5, 0.6) is 11.5 Å².